The van der Waals surface area contributed by atoms with Crippen molar-refractivity contribution in [1.82, 2.24) is 20.3 Å². The van der Waals surface area contributed by atoms with Crippen LogP contribution in [-0.2, 0) is 18.3 Å². The lowest BCUT2D eigenvalue weighted by Gasteiger charge is -2.35. The number of carbonyl (C=O) groups excluding carboxylic acids is 1. The minimum atomic E-state index is -0.185. The van der Waals surface area contributed by atoms with Crippen LogP contribution in [0.4, 0.5) is 0 Å². The van der Waals surface area contributed by atoms with Crippen molar-refractivity contribution in [3.63, 3.8) is 0 Å². The Kier molecular flexibility index (Phi) is 3.57. The van der Waals surface area contributed by atoms with Crippen molar-refractivity contribution in [1.29, 1.82) is 0 Å². The number of carbonyl (C=O) groups is 1. The number of hydrogen-bond acceptors (Lipinski definition) is 4. The van der Waals surface area contributed by atoms with Gasteiger partial charge in [-0.05, 0) is 25.8 Å². The standard InChI is InChI=1S/C12H20N4O/c1-3-12(5-4-6-13-9-12)11(17)7-10-8-16(2)15-14-10/h8,13H,3-7,9H2,1-2H3. The van der Waals surface area contributed by atoms with E-state index in [0.29, 0.717) is 12.2 Å². The minimum Gasteiger partial charge on any atom is -0.316 e. The van der Waals surface area contributed by atoms with E-state index in [-0.39, 0.29) is 5.41 Å². The van der Waals surface area contributed by atoms with Gasteiger partial charge in [0.25, 0.3) is 0 Å². The number of aromatic nitrogens is 3. The van der Waals surface area contributed by atoms with Crippen LogP contribution in [0.25, 0.3) is 0 Å². The Morgan fingerprint density at radius 1 is 1.65 bits per heavy atom. The third kappa shape index (κ3) is 2.54. The molecule has 1 N–H and O–H groups in total. The number of nitrogens with one attached hydrogen (secondary N) is 1. The molecule has 94 valence electrons. The van der Waals surface area contributed by atoms with Crippen LogP contribution in [0.2, 0.25) is 0 Å². The van der Waals surface area contributed by atoms with Crippen LogP contribution in [0.1, 0.15) is 31.9 Å². The fourth-order valence-corrected chi connectivity index (χ4v) is 2.53. The van der Waals surface area contributed by atoms with Crippen LogP contribution in [-0.4, -0.2) is 33.9 Å². The van der Waals surface area contributed by atoms with E-state index in [1.165, 1.54) is 0 Å². The smallest absolute Gasteiger partial charge is 0.146 e. The summed E-state index contributed by atoms with van der Waals surface area (Å²) in [6.07, 6.45) is 5.20. The van der Waals surface area contributed by atoms with Crippen molar-refractivity contribution in [2.45, 2.75) is 32.6 Å². The lowest BCUT2D eigenvalue weighted by molar-refractivity contribution is -0.129. The molecule has 1 aromatic rings. The van der Waals surface area contributed by atoms with Crippen LogP contribution < -0.4 is 5.32 Å². The fourth-order valence-electron chi connectivity index (χ4n) is 2.53. The van der Waals surface area contributed by atoms with E-state index >= 15 is 0 Å². The molecule has 0 spiro atoms. The number of piperidine rings is 1. The first-order chi connectivity index (χ1) is 8.16. The molecule has 0 aliphatic carbocycles. The molecular weight excluding hydrogens is 216 g/mol. The lowest BCUT2D eigenvalue weighted by Crippen LogP contribution is -2.45. The van der Waals surface area contributed by atoms with E-state index in [4.69, 9.17) is 0 Å². The van der Waals surface area contributed by atoms with Gasteiger partial charge in [-0.2, -0.15) is 0 Å². The molecule has 17 heavy (non-hydrogen) atoms. The summed E-state index contributed by atoms with van der Waals surface area (Å²) in [7, 11) is 1.82. The average Bonchev–Trinajstić information content (AvgIpc) is 2.75. The van der Waals surface area contributed by atoms with Crippen LogP contribution in [0.3, 0.4) is 0 Å². The topological polar surface area (TPSA) is 59.8 Å². The van der Waals surface area contributed by atoms with Gasteiger partial charge in [-0.15, -0.1) is 5.10 Å². The summed E-state index contributed by atoms with van der Waals surface area (Å²) < 4.78 is 1.64. The Morgan fingerprint density at radius 2 is 2.47 bits per heavy atom. The summed E-state index contributed by atoms with van der Waals surface area (Å²) >= 11 is 0. The first-order valence-electron chi connectivity index (χ1n) is 6.25. The molecule has 0 amide bonds. The largest absolute Gasteiger partial charge is 0.316 e. The third-order valence-corrected chi connectivity index (χ3v) is 3.73. The molecule has 1 unspecified atom stereocenters. The summed E-state index contributed by atoms with van der Waals surface area (Å²) in [4.78, 5) is 12.4. The molecule has 1 atom stereocenters. The first-order valence-corrected chi connectivity index (χ1v) is 6.25. The molecule has 0 radical (unpaired) electrons. The summed E-state index contributed by atoms with van der Waals surface area (Å²) in [5, 5.41) is 11.2. The molecule has 0 bridgehead atoms. The predicted octanol–water partition coefficient (Wildman–Crippen LogP) is 0.706. The summed E-state index contributed by atoms with van der Waals surface area (Å²) in [5.41, 5.74) is 0.589. The molecule has 1 fully saturated rings. The Labute approximate surface area is 102 Å². The maximum absolute atomic E-state index is 12.4. The second-order valence-corrected chi connectivity index (χ2v) is 4.90. The van der Waals surface area contributed by atoms with Gasteiger partial charge in [-0.3, -0.25) is 9.48 Å². The second-order valence-electron chi connectivity index (χ2n) is 4.90. The summed E-state index contributed by atoms with van der Waals surface area (Å²) in [6, 6.07) is 0. The van der Waals surface area contributed by atoms with Gasteiger partial charge in [0.2, 0.25) is 0 Å². The summed E-state index contributed by atoms with van der Waals surface area (Å²) in [5.74, 6) is 0.299. The van der Waals surface area contributed by atoms with Gasteiger partial charge >= 0.3 is 0 Å². The van der Waals surface area contributed by atoms with Gasteiger partial charge in [-0.1, -0.05) is 12.1 Å². The minimum absolute atomic E-state index is 0.185. The molecule has 1 aromatic heterocycles. The van der Waals surface area contributed by atoms with Gasteiger partial charge in [0, 0.05) is 25.2 Å². The highest BCUT2D eigenvalue weighted by atomic mass is 16.1. The number of ketones is 1. The van der Waals surface area contributed by atoms with E-state index in [9.17, 15) is 4.79 Å². The van der Waals surface area contributed by atoms with E-state index in [2.05, 4.69) is 22.6 Å². The first kappa shape index (κ1) is 12.2. The Balaban J connectivity index is 2.07. The maximum atomic E-state index is 12.4. The quantitative estimate of drug-likeness (QED) is 0.836. The number of Topliss-reactive ketones (excluding diaryl/α,β-unsaturated/α-hetero) is 1. The van der Waals surface area contributed by atoms with E-state index in [1.54, 1.807) is 4.68 Å². The van der Waals surface area contributed by atoms with Crippen LogP contribution in [0.5, 0.6) is 0 Å². The van der Waals surface area contributed by atoms with Crippen molar-refractivity contribution >= 4 is 5.78 Å². The monoisotopic (exact) mass is 236 g/mol. The van der Waals surface area contributed by atoms with E-state index in [1.807, 2.05) is 13.2 Å². The molecule has 1 saturated heterocycles. The Bertz CT molecular complexity index is 393. The van der Waals surface area contributed by atoms with Gasteiger partial charge < -0.3 is 5.32 Å². The molecule has 5 nitrogen and oxygen atoms in total. The zero-order valence-corrected chi connectivity index (χ0v) is 10.6. The normalized spacial score (nSPS) is 24.8. The highest BCUT2D eigenvalue weighted by molar-refractivity contribution is 5.86. The summed E-state index contributed by atoms with van der Waals surface area (Å²) in [6.45, 7) is 3.93. The predicted molar refractivity (Wildman–Crippen MR) is 64.5 cm³/mol. The number of nitrogens with zero attached hydrogens (tertiary/aromatic N) is 3. The van der Waals surface area contributed by atoms with E-state index < -0.39 is 0 Å². The molecule has 1 aliphatic heterocycles. The molecule has 5 heteroatoms. The lowest BCUT2D eigenvalue weighted by atomic mass is 9.73. The molecule has 1 aliphatic rings. The number of hydrogen-bond donors (Lipinski definition) is 1. The molecular formula is C12H20N4O. The van der Waals surface area contributed by atoms with Crippen LogP contribution in [0.15, 0.2) is 6.20 Å². The number of aryl methyl sites for hydroxylation is 1. The molecule has 0 saturated carbocycles. The van der Waals surface area contributed by atoms with Crippen molar-refractivity contribution < 1.29 is 4.79 Å². The Hall–Kier alpha value is -1.23. The van der Waals surface area contributed by atoms with Gasteiger partial charge in [-0.25, -0.2) is 0 Å². The molecule has 0 aromatic carbocycles. The highest BCUT2D eigenvalue weighted by Gasteiger charge is 2.37. The highest BCUT2D eigenvalue weighted by Crippen LogP contribution is 2.32. The average molecular weight is 236 g/mol. The fraction of sp³-hybridized carbons (Fsp3) is 0.750. The van der Waals surface area contributed by atoms with Crippen LogP contribution in [0, 0.1) is 5.41 Å². The van der Waals surface area contributed by atoms with Gasteiger partial charge in [0.15, 0.2) is 0 Å². The van der Waals surface area contributed by atoms with Crippen molar-refractivity contribution in [2.75, 3.05) is 13.1 Å². The zero-order valence-electron chi connectivity index (χ0n) is 10.6. The Morgan fingerprint density at radius 3 is 3.00 bits per heavy atom. The van der Waals surface area contributed by atoms with Crippen molar-refractivity contribution in [3.05, 3.63) is 11.9 Å². The third-order valence-electron chi connectivity index (χ3n) is 3.73. The maximum Gasteiger partial charge on any atom is 0.146 e. The van der Waals surface area contributed by atoms with Crippen molar-refractivity contribution in [3.8, 4) is 0 Å². The zero-order chi connectivity index (χ0) is 12.3. The van der Waals surface area contributed by atoms with Crippen LogP contribution >= 0.6 is 0 Å². The van der Waals surface area contributed by atoms with E-state index in [0.717, 1.165) is 38.0 Å². The molecule has 2 rings (SSSR count). The van der Waals surface area contributed by atoms with Crippen molar-refractivity contribution in [2.24, 2.45) is 12.5 Å². The van der Waals surface area contributed by atoms with Gasteiger partial charge in [0.1, 0.15) is 5.78 Å². The second kappa shape index (κ2) is 4.96. The number of rotatable bonds is 4. The van der Waals surface area contributed by atoms with Gasteiger partial charge in [0.05, 0.1) is 12.1 Å². The SMILES string of the molecule is CCC1(C(=O)Cc2cn(C)nn2)CCCNC1. The molecule has 2 heterocycles.